The van der Waals surface area contributed by atoms with Gasteiger partial charge >= 0.3 is 0 Å². The molecule has 0 radical (unpaired) electrons. The molecular formula is C14H28N2O. The monoisotopic (exact) mass is 240 g/mol. The highest BCUT2D eigenvalue weighted by molar-refractivity contribution is 4.87. The lowest BCUT2D eigenvalue weighted by molar-refractivity contribution is 0.108. The van der Waals surface area contributed by atoms with E-state index in [0.29, 0.717) is 12.1 Å². The lowest BCUT2D eigenvalue weighted by Gasteiger charge is -2.37. The highest BCUT2D eigenvalue weighted by Crippen LogP contribution is 2.27. The molecule has 4 unspecified atom stereocenters. The molecule has 1 N–H and O–H groups in total. The molecule has 3 nitrogen and oxygen atoms in total. The Morgan fingerprint density at radius 1 is 1.29 bits per heavy atom. The number of likely N-dealkylation sites (N-methyl/N-ethyl adjacent to an activating group) is 1. The van der Waals surface area contributed by atoms with Crippen LogP contribution < -0.4 is 5.32 Å². The van der Waals surface area contributed by atoms with E-state index in [0.717, 1.165) is 18.5 Å². The zero-order chi connectivity index (χ0) is 12.3. The van der Waals surface area contributed by atoms with Crippen molar-refractivity contribution in [1.82, 2.24) is 10.2 Å². The molecule has 0 aromatic heterocycles. The molecule has 4 atom stereocenters. The Hall–Kier alpha value is -0.120. The molecule has 2 aliphatic rings. The Morgan fingerprint density at radius 2 is 2.06 bits per heavy atom. The van der Waals surface area contributed by atoms with Crippen LogP contribution in [0.25, 0.3) is 0 Å². The number of nitrogens with zero attached hydrogens (tertiary/aromatic N) is 1. The van der Waals surface area contributed by atoms with E-state index in [2.05, 4.69) is 24.2 Å². The topological polar surface area (TPSA) is 24.5 Å². The van der Waals surface area contributed by atoms with Gasteiger partial charge in [0.25, 0.3) is 0 Å². The molecule has 1 saturated carbocycles. The van der Waals surface area contributed by atoms with E-state index in [1.165, 1.54) is 38.6 Å². The minimum Gasteiger partial charge on any atom is -0.380 e. The highest BCUT2D eigenvalue weighted by Gasteiger charge is 2.29. The van der Waals surface area contributed by atoms with E-state index in [1.54, 1.807) is 0 Å². The minimum atomic E-state index is 0.428. The van der Waals surface area contributed by atoms with E-state index in [9.17, 15) is 0 Å². The quantitative estimate of drug-likeness (QED) is 0.812. The predicted octanol–water partition coefficient (Wildman–Crippen LogP) is 1.87. The summed E-state index contributed by atoms with van der Waals surface area (Å²) in [7, 11) is 4.12. The molecule has 0 spiro atoms. The fraction of sp³-hybridized carbons (Fsp3) is 1.00. The van der Waals surface area contributed by atoms with Crippen LogP contribution in [0, 0.1) is 5.92 Å². The molecule has 1 heterocycles. The van der Waals surface area contributed by atoms with Crippen LogP contribution in [0.3, 0.4) is 0 Å². The first-order valence-corrected chi connectivity index (χ1v) is 7.17. The van der Waals surface area contributed by atoms with Gasteiger partial charge in [-0.3, -0.25) is 0 Å². The van der Waals surface area contributed by atoms with Crippen LogP contribution in [0.4, 0.5) is 0 Å². The SMILES string of the molecule is COC1CNC(CN(C)C2CCCCC2C)C1. The molecule has 0 aromatic carbocycles. The van der Waals surface area contributed by atoms with Gasteiger partial charge in [-0.15, -0.1) is 0 Å². The third kappa shape index (κ3) is 3.43. The summed E-state index contributed by atoms with van der Waals surface area (Å²) < 4.78 is 5.41. The van der Waals surface area contributed by atoms with Crippen molar-refractivity contribution in [2.24, 2.45) is 5.92 Å². The lowest BCUT2D eigenvalue weighted by Crippen LogP contribution is -2.44. The molecule has 2 fully saturated rings. The maximum atomic E-state index is 5.41. The van der Waals surface area contributed by atoms with Gasteiger partial charge in [0, 0.05) is 32.3 Å². The van der Waals surface area contributed by atoms with Crippen LogP contribution in [0.5, 0.6) is 0 Å². The summed E-state index contributed by atoms with van der Waals surface area (Å²) in [6.07, 6.45) is 7.24. The summed E-state index contributed by atoms with van der Waals surface area (Å²) in [5, 5.41) is 3.58. The van der Waals surface area contributed by atoms with Gasteiger partial charge in [0.05, 0.1) is 6.10 Å². The predicted molar refractivity (Wildman–Crippen MR) is 71.3 cm³/mol. The Kier molecular flexibility index (Phi) is 4.83. The Balaban J connectivity index is 1.78. The van der Waals surface area contributed by atoms with Crippen molar-refractivity contribution < 1.29 is 4.74 Å². The molecule has 1 aliphatic carbocycles. The molecule has 0 aromatic rings. The van der Waals surface area contributed by atoms with E-state index in [4.69, 9.17) is 4.74 Å². The van der Waals surface area contributed by atoms with Gasteiger partial charge in [0.15, 0.2) is 0 Å². The van der Waals surface area contributed by atoms with E-state index in [-0.39, 0.29) is 0 Å². The molecule has 0 bridgehead atoms. The average Bonchev–Trinajstić information content (AvgIpc) is 2.77. The zero-order valence-corrected chi connectivity index (χ0v) is 11.6. The fourth-order valence-corrected chi connectivity index (χ4v) is 3.54. The maximum Gasteiger partial charge on any atom is 0.0711 e. The smallest absolute Gasteiger partial charge is 0.0711 e. The maximum absolute atomic E-state index is 5.41. The van der Waals surface area contributed by atoms with Crippen LogP contribution in [-0.4, -0.2) is 50.3 Å². The second kappa shape index (κ2) is 6.17. The number of nitrogens with one attached hydrogen (secondary N) is 1. The normalized spacial score (nSPS) is 38.8. The molecule has 2 rings (SSSR count). The number of rotatable bonds is 4. The first kappa shape index (κ1) is 13.3. The zero-order valence-electron chi connectivity index (χ0n) is 11.6. The number of hydrogen-bond donors (Lipinski definition) is 1. The van der Waals surface area contributed by atoms with E-state index in [1.807, 2.05) is 7.11 Å². The first-order valence-electron chi connectivity index (χ1n) is 7.17. The highest BCUT2D eigenvalue weighted by atomic mass is 16.5. The standard InChI is InChI=1S/C14H28N2O/c1-11-6-4-5-7-14(11)16(2)10-12-8-13(17-3)9-15-12/h11-15H,4-10H2,1-3H3. The summed E-state index contributed by atoms with van der Waals surface area (Å²) in [4.78, 5) is 2.58. The largest absolute Gasteiger partial charge is 0.380 e. The molecule has 3 heteroatoms. The third-order valence-corrected chi connectivity index (χ3v) is 4.66. The van der Waals surface area contributed by atoms with Gasteiger partial charge in [0.1, 0.15) is 0 Å². The number of ether oxygens (including phenoxy) is 1. The van der Waals surface area contributed by atoms with Crippen LogP contribution >= 0.6 is 0 Å². The third-order valence-electron chi connectivity index (χ3n) is 4.66. The van der Waals surface area contributed by atoms with Crippen molar-refractivity contribution in [2.45, 2.75) is 57.2 Å². The molecule has 1 saturated heterocycles. The summed E-state index contributed by atoms with van der Waals surface area (Å²) in [6, 6.07) is 1.42. The van der Waals surface area contributed by atoms with Gasteiger partial charge in [-0.2, -0.15) is 0 Å². The van der Waals surface area contributed by atoms with Crippen molar-refractivity contribution in [3.05, 3.63) is 0 Å². The van der Waals surface area contributed by atoms with Gasteiger partial charge in [-0.25, -0.2) is 0 Å². The van der Waals surface area contributed by atoms with E-state index < -0.39 is 0 Å². The fourth-order valence-electron chi connectivity index (χ4n) is 3.54. The Bertz CT molecular complexity index is 234. The second-order valence-corrected chi connectivity index (χ2v) is 5.97. The molecule has 1 aliphatic heterocycles. The number of methoxy groups -OCH3 is 1. The van der Waals surface area contributed by atoms with Gasteiger partial charge in [0.2, 0.25) is 0 Å². The van der Waals surface area contributed by atoms with Crippen molar-refractivity contribution in [3.8, 4) is 0 Å². The first-order chi connectivity index (χ1) is 8.20. The Labute approximate surface area is 106 Å². The minimum absolute atomic E-state index is 0.428. The van der Waals surface area contributed by atoms with Crippen molar-refractivity contribution in [2.75, 3.05) is 27.2 Å². The molecular weight excluding hydrogens is 212 g/mol. The molecule has 17 heavy (non-hydrogen) atoms. The molecule has 100 valence electrons. The van der Waals surface area contributed by atoms with Gasteiger partial charge in [-0.05, 0) is 32.2 Å². The van der Waals surface area contributed by atoms with Crippen LogP contribution in [0.1, 0.15) is 39.0 Å². The van der Waals surface area contributed by atoms with Crippen molar-refractivity contribution in [1.29, 1.82) is 0 Å². The number of hydrogen-bond acceptors (Lipinski definition) is 3. The van der Waals surface area contributed by atoms with Crippen LogP contribution in [0.15, 0.2) is 0 Å². The average molecular weight is 240 g/mol. The molecule has 0 amide bonds. The van der Waals surface area contributed by atoms with Crippen LogP contribution in [-0.2, 0) is 4.74 Å². The Morgan fingerprint density at radius 3 is 2.71 bits per heavy atom. The summed E-state index contributed by atoms with van der Waals surface area (Å²) >= 11 is 0. The summed E-state index contributed by atoms with van der Waals surface area (Å²) in [5.41, 5.74) is 0. The summed E-state index contributed by atoms with van der Waals surface area (Å²) in [5.74, 6) is 0.869. The van der Waals surface area contributed by atoms with Crippen LogP contribution in [0.2, 0.25) is 0 Å². The van der Waals surface area contributed by atoms with Crippen molar-refractivity contribution in [3.63, 3.8) is 0 Å². The second-order valence-electron chi connectivity index (χ2n) is 5.97. The van der Waals surface area contributed by atoms with Gasteiger partial charge in [-0.1, -0.05) is 19.8 Å². The van der Waals surface area contributed by atoms with E-state index >= 15 is 0 Å². The van der Waals surface area contributed by atoms with Gasteiger partial charge < -0.3 is 15.0 Å². The summed E-state index contributed by atoms with van der Waals surface area (Å²) in [6.45, 7) is 4.62. The lowest BCUT2D eigenvalue weighted by atomic mass is 9.85. The van der Waals surface area contributed by atoms with Crippen molar-refractivity contribution >= 4 is 0 Å².